The summed E-state index contributed by atoms with van der Waals surface area (Å²) in [6.07, 6.45) is 3.34. The van der Waals surface area contributed by atoms with E-state index < -0.39 is 0 Å². The lowest BCUT2D eigenvalue weighted by Gasteiger charge is -2.15. The number of halogens is 1. The number of nitrogens with one attached hydrogen (secondary N) is 1. The van der Waals surface area contributed by atoms with Crippen LogP contribution in [0.15, 0.2) is 18.2 Å². The molecule has 118 valence electrons. The van der Waals surface area contributed by atoms with Crippen LogP contribution >= 0.6 is 11.6 Å². The van der Waals surface area contributed by atoms with Crippen molar-refractivity contribution < 1.29 is 9.53 Å². The minimum atomic E-state index is -0.0197. The van der Waals surface area contributed by atoms with Gasteiger partial charge in [0.25, 0.3) is 0 Å². The first-order valence-corrected chi connectivity index (χ1v) is 7.90. The predicted octanol–water partition coefficient (Wildman–Crippen LogP) is 3.83. The highest BCUT2D eigenvalue weighted by atomic mass is 35.5. The van der Waals surface area contributed by atoms with Crippen LogP contribution in [0.3, 0.4) is 0 Å². The molecule has 3 N–H and O–H groups in total. The molecule has 1 aromatic carbocycles. The smallest absolute Gasteiger partial charge is 0.224 e. The van der Waals surface area contributed by atoms with Crippen molar-refractivity contribution in [2.75, 3.05) is 18.5 Å². The van der Waals surface area contributed by atoms with Gasteiger partial charge in [0.1, 0.15) is 5.75 Å². The lowest BCUT2D eigenvalue weighted by atomic mass is 9.96. The summed E-state index contributed by atoms with van der Waals surface area (Å²) in [6, 6.07) is 5.23. The summed E-state index contributed by atoms with van der Waals surface area (Å²) in [7, 11) is 0. The molecule has 1 amide bonds. The van der Waals surface area contributed by atoms with Crippen LogP contribution in [0.5, 0.6) is 5.75 Å². The van der Waals surface area contributed by atoms with Crippen LogP contribution < -0.4 is 15.8 Å². The van der Waals surface area contributed by atoms with Crippen molar-refractivity contribution in [2.45, 2.75) is 39.5 Å². The summed E-state index contributed by atoms with van der Waals surface area (Å²) in [5, 5.41) is 3.45. The van der Waals surface area contributed by atoms with Crippen molar-refractivity contribution in [1.82, 2.24) is 0 Å². The summed E-state index contributed by atoms with van der Waals surface area (Å²) in [5.74, 6) is 1.13. The van der Waals surface area contributed by atoms with Crippen molar-refractivity contribution >= 4 is 23.2 Å². The highest BCUT2D eigenvalue weighted by Gasteiger charge is 2.12. The number of benzene rings is 1. The fraction of sp³-hybridized carbons (Fsp3) is 0.562. The summed E-state index contributed by atoms with van der Waals surface area (Å²) >= 11 is 5.97. The first-order chi connectivity index (χ1) is 10.1. The maximum absolute atomic E-state index is 12.1. The molecule has 0 aliphatic heterocycles. The minimum absolute atomic E-state index is 0.0197. The van der Waals surface area contributed by atoms with Gasteiger partial charge in [-0.1, -0.05) is 24.9 Å². The summed E-state index contributed by atoms with van der Waals surface area (Å²) in [6.45, 7) is 5.24. The third-order valence-corrected chi connectivity index (χ3v) is 3.68. The number of nitrogens with two attached hydrogens (primary N) is 1. The van der Waals surface area contributed by atoms with Crippen LogP contribution in [-0.2, 0) is 4.79 Å². The Hall–Kier alpha value is -1.26. The number of ether oxygens (including phenoxy) is 1. The Kier molecular flexibility index (Phi) is 8.16. The van der Waals surface area contributed by atoms with E-state index in [0.717, 1.165) is 19.3 Å². The first kappa shape index (κ1) is 17.8. The predicted molar refractivity (Wildman–Crippen MR) is 87.9 cm³/mol. The lowest BCUT2D eigenvalue weighted by molar-refractivity contribution is -0.116. The number of carbonyl (C=O) groups is 1. The van der Waals surface area contributed by atoms with E-state index >= 15 is 0 Å². The van der Waals surface area contributed by atoms with Crippen LogP contribution in [0.25, 0.3) is 0 Å². The lowest BCUT2D eigenvalue weighted by Crippen LogP contribution is -2.15. The molecule has 4 nitrogen and oxygen atoms in total. The van der Waals surface area contributed by atoms with Crippen LogP contribution in [0.4, 0.5) is 5.69 Å². The second-order valence-electron chi connectivity index (χ2n) is 5.01. The van der Waals surface area contributed by atoms with E-state index in [1.54, 1.807) is 18.2 Å². The molecule has 1 rings (SSSR count). The van der Waals surface area contributed by atoms with Crippen molar-refractivity contribution in [3.63, 3.8) is 0 Å². The maximum atomic E-state index is 12.1. The Bertz CT molecular complexity index is 452. The third kappa shape index (κ3) is 6.36. The van der Waals surface area contributed by atoms with Crippen LogP contribution in [0.2, 0.25) is 5.02 Å². The fourth-order valence-electron chi connectivity index (χ4n) is 2.22. The molecule has 0 spiro atoms. The number of rotatable bonds is 9. The molecule has 0 bridgehead atoms. The second kappa shape index (κ2) is 9.64. The molecular weight excluding hydrogens is 288 g/mol. The Labute approximate surface area is 132 Å². The Morgan fingerprint density at radius 1 is 1.38 bits per heavy atom. The summed E-state index contributed by atoms with van der Waals surface area (Å²) in [5.41, 5.74) is 6.20. The van der Waals surface area contributed by atoms with Gasteiger partial charge in [-0.05, 0) is 50.4 Å². The van der Waals surface area contributed by atoms with E-state index in [-0.39, 0.29) is 5.91 Å². The molecular formula is C16H25ClN2O2. The number of hydrogen-bond acceptors (Lipinski definition) is 3. The van der Waals surface area contributed by atoms with E-state index in [9.17, 15) is 4.79 Å². The largest absolute Gasteiger partial charge is 0.492 e. The van der Waals surface area contributed by atoms with Gasteiger partial charge in [-0.15, -0.1) is 0 Å². The van der Waals surface area contributed by atoms with E-state index in [2.05, 4.69) is 12.2 Å². The van der Waals surface area contributed by atoms with Gasteiger partial charge >= 0.3 is 0 Å². The third-order valence-electron chi connectivity index (χ3n) is 3.45. The SMILES string of the molecule is CCOc1ccc(Cl)cc1NC(=O)CCC(CC)CCN. The molecule has 5 heteroatoms. The van der Waals surface area contributed by atoms with Gasteiger partial charge in [0.05, 0.1) is 12.3 Å². The second-order valence-corrected chi connectivity index (χ2v) is 5.45. The van der Waals surface area contributed by atoms with E-state index in [1.807, 2.05) is 6.92 Å². The average molecular weight is 313 g/mol. The Morgan fingerprint density at radius 3 is 2.76 bits per heavy atom. The van der Waals surface area contributed by atoms with E-state index in [1.165, 1.54) is 0 Å². The molecule has 0 saturated heterocycles. The average Bonchev–Trinajstić information content (AvgIpc) is 2.46. The quantitative estimate of drug-likeness (QED) is 0.728. The van der Waals surface area contributed by atoms with Crippen molar-refractivity contribution in [1.29, 1.82) is 0 Å². The van der Waals surface area contributed by atoms with Gasteiger partial charge in [0.2, 0.25) is 5.91 Å². The first-order valence-electron chi connectivity index (χ1n) is 7.52. The number of hydrogen-bond donors (Lipinski definition) is 2. The van der Waals surface area contributed by atoms with Crippen LogP contribution in [0, 0.1) is 5.92 Å². The topological polar surface area (TPSA) is 64.3 Å². The summed E-state index contributed by atoms with van der Waals surface area (Å²) in [4.78, 5) is 12.1. The molecule has 0 fully saturated rings. The van der Waals surface area contributed by atoms with E-state index in [4.69, 9.17) is 22.1 Å². The summed E-state index contributed by atoms with van der Waals surface area (Å²) < 4.78 is 5.49. The molecule has 0 aromatic heterocycles. The van der Waals surface area contributed by atoms with Gasteiger partial charge in [-0.3, -0.25) is 4.79 Å². The molecule has 0 saturated carbocycles. The molecule has 21 heavy (non-hydrogen) atoms. The van der Waals surface area contributed by atoms with Gasteiger partial charge < -0.3 is 15.8 Å². The fourth-order valence-corrected chi connectivity index (χ4v) is 2.39. The molecule has 0 heterocycles. The number of carbonyl (C=O) groups excluding carboxylic acids is 1. The molecule has 0 aliphatic rings. The van der Waals surface area contributed by atoms with Gasteiger partial charge in [0, 0.05) is 11.4 Å². The highest BCUT2D eigenvalue weighted by Crippen LogP contribution is 2.28. The molecule has 0 radical (unpaired) electrons. The normalized spacial score (nSPS) is 12.0. The zero-order valence-corrected chi connectivity index (χ0v) is 13.6. The minimum Gasteiger partial charge on any atom is -0.492 e. The maximum Gasteiger partial charge on any atom is 0.224 e. The molecule has 1 atom stereocenters. The monoisotopic (exact) mass is 312 g/mol. The Balaban J connectivity index is 2.59. The van der Waals surface area contributed by atoms with Crippen molar-refractivity contribution in [2.24, 2.45) is 11.7 Å². The highest BCUT2D eigenvalue weighted by molar-refractivity contribution is 6.31. The Morgan fingerprint density at radius 2 is 2.14 bits per heavy atom. The van der Waals surface area contributed by atoms with Crippen molar-refractivity contribution in [3.05, 3.63) is 23.2 Å². The number of amides is 1. The number of anilines is 1. The van der Waals surface area contributed by atoms with Gasteiger partial charge in [-0.2, -0.15) is 0 Å². The zero-order chi connectivity index (χ0) is 15.7. The van der Waals surface area contributed by atoms with Crippen molar-refractivity contribution in [3.8, 4) is 5.75 Å². The van der Waals surface area contributed by atoms with Gasteiger partial charge in [-0.25, -0.2) is 0 Å². The molecule has 1 unspecified atom stereocenters. The van der Waals surface area contributed by atoms with E-state index in [0.29, 0.717) is 41.9 Å². The van der Waals surface area contributed by atoms with Gasteiger partial charge in [0.15, 0.2) is 0 Å². The zero-order valence-electron chi connectivity index (χ0n) is 12.8. The molecule has 1 aromatic rings. The van der Waals surface area contributed by atoms with Crippen LogP contribution in [0.1, 0.15) is 39.5 Å². The molecule has 0 aliphatic carbocycles. The van der Waals surface area contributed by atoms with Crippen LogP contribution in [-0.4, -0.2) is 19.1 Å². The standard InChI is InChI=1S/C16H25ClN2O2/c1-3-12(9-10-18)5-8-16(20)19-14-11-13(17)6-7-15(14)21-4-2/h6-7,11-12H,3-5,8-10,18H2,1-2H3,(H,19,20).